The van der Waals surface area contributed by atoms with Gasteiger partial charge in [-0.05, 0) is 31.5 Å². The first kappa shape index (κ1) is 13.1. The van der Waals surface area contributed by atoms with Gasteiger partial charge in [-0.25, -0.2) is 0 Å². The number of hydrogen-bond donors (Lipinski definition) is 3. The topological polar surface area (TPSA) is 71.0 Å². The lowest BCUT2D eigenvalue weighted by Gasteiger charge is -2.19. The lowest BCUT2D eigenvalue weighted by Crippen LogP contribution is -2.36. The third kappa shape index (κ3) is 3.35. The molecule has 1 atom stereocenters. The molecule has 0 aliphatic carbocycles. The fourth-order valence-electron chi connectivity index (χ4n) is 1.75. The number of ether oxygens (including phenoxy) is 2. The number of aliphatic hydroxyl groups excluding tert-OH is 1. The Morgan fingerprint density at radius 3 is 2.78 bits per heavy atom. The molecule has 1 aromatic carbocycles. The largest absolute Gasteiger partial charge is 0.454 e. The standard InChI is InChI=1S/C13H19NO4/c1-13(2,16)7-14-6-10(15)9-3-4-11-12(5-9)18-8-17-11/h3-5,10,14-16H,6-8H2,1-2H3. The van der Waals surface area contributed by atoms with Gasteiger partial charge in [0.15, 0.2) is 11.5 Å². The molecule has 18 heavy (non-hydrogen) atoms. The van der Waals surface area contributed by atoms with Crippen LogP contribution in [0.1, 0.15) is 25.5 Å². The molecule has 0 bridgehead atoms. The fraction of sp³-hybridized carbons (Fsp3) is 0.538. The smallest absolute Gasteiger partial charge is 0.231 e. The van der Waals surface area contributed by atoms with Gasteiger partial charge in [-0.15, -0.1) is 0 Å². The first-order chi connectivity index (χ1) is 8.46. The van der Waals surface area contributed by atoms with E-state index in [4.69, 9.17) is 9.47 Å². The Bertz CT molecular complexity index is 414. The fourth-order valence-corrected chi connectivity index (χ4v) is 1.75. The molecule has 5 heteroatoms. The lowest BCUT2D eigenvalue weighted by molar-refractivity contribution is 0.0739. The van der Waals surface area contributed by atoms with Gasteiger partial charge in [0.05, 0.1) is 11.7 Å². The highest BCUT2D eigenvalue weighted by atomic mass is 16.7. The van der Waals surface area contributed by atoms with Gasteiger partial charge in [0.1, 0.15) is 0 Å². The average molecular weight is 253 g/mol. The van der Waals surface area contributed by atoms with Crippen molar-refractivity contribution < 1.29 is 19.7 Å². The molecule has 1 aliphatic heterocycles. The quantitative estimate of drug-likeness (QED) is 0.724. The third-order valence-corrected chi connectivity index (χ3v) is 2.68. The van der Waals surface area contributed by atoms with Crippen LogP contribution in [0.15, 0.2) is 18.2 Å². The van der Waals surface area contributed by atoms with Crippen LogP contribution in [0.3, 0.4) is 0 Å². The number of nitrogens with one attached hydrogen (secondary N) is 1. The highest BCUT2D eigenvalue weighted by Crippen LogP contribution is 2.34. The maximum absolute atomic E-state index is 10.0. The number of aliphatic hydroxyl groups is 2. The first-order valence-corrected chi connectivity index (χ1v) is 5.96. The molecule has 0 radical (unpaired) electrons. The Hall–Kier alpha value is -1.30. The maximum atomic E-state index is 10.0. The van der Waals surface area contributed by atoms with Crippen LogP contribution in [0.5, 0.6) is 11.5 Å². The summed E-state index contributed by atoms with van der Waals surface area (Å²) in [6.45, 7) is 4.46. The molecule has 5 nitrogen and oxygen atoms in total. The zero-order chi connectivity index (χ0) is 13.2. The van der Waals surface area contributed by atoms with Crippen LogP contribution in [-0.4, -0.2) is 35.7 Å². The van der Waals surface area contributed by atoms with E-state index in [1.54, 1.807) is 26.0 Å². The predicted octanol–water partition coefficient (Wildman–Crippen LogP) is 0.809. The molecule has 1 aliphatic rings. The molecule has 0 amide bonds. The Morgan fingerprint density at radius 1 is 1.33 bits per heavy atom. The minimum Gasteiger partial charge on any atom is -0.454 e. The van der Waals surface area contributed by atoms with Crippen LogP contribution in [0.25, 0.3) is 0 Å². The van der Waals surface area contributed by atoms with Crippen molar-refractivity contribution in [3.05, 3.63) is 23.8 Å². The van der Waals surface area contributed by atoms with Gasteiger partial charge in [0.25, 0.3) is 0 Å². The predicted molar refractivity (Wildman–Crippen MR) is 66.7 cm³/mol. The highest BCUT2D eigenvalue weighted by molar-refractivity contribution is 5.45. The molecule has 1 unspecified atom stereocenters. The van der Waals surface area contributed by atoms with Gasteiger partial charge >= 0.3 is 0 Å². The van der Waals surface area contributed by atoms with Gasteiger partial charge in [0.2, 0.25) is 6.79 Å². The lowest BCUT2D eigenvalue weighted by atomic mass is 10.1. The van der Waals surface area contributed by atoms with Crippen LogP contribution in [0, 0.1) is 0 Å². The van der Waals surface area contributed by atoms with Crippen LogP contribution in [0.4, 0.5) is 0 Å². The minimum atomic E-state index is -0.783. The van der Waals surface area contributed by atoms with E-state index in [0.717, 1.165) is 5.56 Å². The van der Waals surface area contributed by atoms with Crippen molar-refractivity contribution in [1.82, 2.24) is 5.32 Å². The van der Waals surface area contributed by atoms with E-state index in [1.165, 1.54) is 0 Å². The van der Waals surface area contributed by atoms with Gasteiger partial charge in [-0.2, -0.15) is 0 Å². The Kier molecular flexibility index (Phi) is 3.75. The second-order valence-corrected chi connectivity index (χ2v) is 5.07. The second-order valence-electron chi connectivity index (χ2n) is 5.07. The summed E-state index contributed by atoms with van der Waals surface area (Å²) in [7, 11) is 0. The SMILES string of the molecule is CC(C)(O)CNCC(O)c1ccc2c(c1)OCO2. The van der Waals surface area contributed by atoms with Crippen molar-refractivity contribution in [2.75, 3.05) is 19.9 Å². The van der Waals surface area contributed by atoms with Crippen LogP contribution in [-0.2, 0) is 0 Å². The third-order valence-electron chi connectivity index (χ3n) is 2.68. The molecule has 0 saturated heterocycles. The van der Waals surface area contributed by atoms with E-state index in [-0.39, 0.29) is 6.79 Å². The number of benzene rings is 1. The summed E-state index contributed by atoms with van der Waals surface area (Å²) in [6.07, 6.45) is -0.637. The van der Waals surface area contributed by atoms with Gasteiger partial charge in [-0.1, -0.05) is 6.07 Å². The molecule has 100 valence electrons. The van der Waals surface area contributed by atoms with Crippen LogP contribution < -0.4 is 14.8 Å². The molecule has 3 N–H and O–H groups in total. The minimum absolute atomic E-state index is 0.228. The molecular weight excluding hydrogens is 234 g/mol. The zero-order valence-corrected chi connectivity index (χ0v) is 10.6. The van der Waals surface area contributed by atoms with Crippen molar-refractivity contribution in [3.8, 4) is 11.5 Å². The van der Waals surface area contributed by atoms with E-state index < -0.39 is 11.7 Å². The van der Waals surface area contributed by atoms with E-state index in [9.17, 15) is 10.2 Å². The second kappa shape index (κ2) is 5.14. The molecule has 0 spiro atoms. The van der Waals surface area contributed by atoms with Crippen molar-refractivity contribution in [2.45, 2.75) is 25.6 Å². The summed E-state index contributed by atoms with van der Waals surface area (Å²) in [5.41, 5.74) is -0.0169. The van der Waals surface area contributed by atoms with Gasteiger partial charge in [0, 0.05) is 13.1 Å². The molecule has 0 aromatic heterocycles. The molecule has 0 saturated carbocycles. The van der Waals surface area contributed by atoms with E-state index in [0.29, 0.717) is 24.6 Å². The molecule has 1 heterocycles. The van der Waals surface area contributed by atoms with E-state index in [1.807, 2.05) is 6.07 Å². The summed E-state index contributed by atoms with van der Waals surface area (Å²) in [5, 5.41) is 22.6. The summed E-state index contributed by atoms with van der Waals surface area (Å²) in [4.78, 5) is 0. The summed E-state index contributed by atoms with van der Waals surface area (Å²) in [5.74, 6) is 1.37. The number of fused-ring (bicyclic) bond motifs is 1. The number of rotatable bonds is 5. The van der Waals surface area contributed by atoms with Gasteiger partial charge in [-0.3, -0.25) is 0 Å². The summed E-state index contributed by atoms with van der Waals surface area (Å²) >= 11 is 0. The van der Waals surface area contributed by atoms with Gasteiger partial charge < -0.3 is 25.0 Å². The maximum Gasteiger partial charge on any atom is 0.231 e. The van der Waals surface area contributed by atoms with Crippen molar-refractivity contribution in [1.29, 1.82) is 0 Å². The first-order valence-electron chi connectivity index (χ1n) is 5.96. The molecule has 0 fully saturated rings. The molecule has 2 rings (SSSR count). The molecular formula is C13H19NO4. The van der Waals surface area contributed by atoms with Crippen LogP contribution >= 0.6 is 0 Å². The van der Waals surface area contributed by atoms with Crippen molar-refractivity contribution >= 4 is 0 Å². The Morgan fingerprint density at radius 2 is 2.06 bits per heavy atom. The van der Waals surface area contributed by atoms with E-state index in [2.05, 4.69) is 5.32 Å². The molecule has 1 aromatic rings. The zero-order valence-electron chi connectivity index (χ0n) is 10.6. The monoisotopic (exact) mass is 253 g/mol. The number of hydrogen-bond acceptors (Lipinski definition) is 5. The Labute approximate surface area is 106 Å². The van der Waals surface area contributed by atoms with Crippen molar-refractivity contribution in [3.63, 3.8) is 0 Å². The summed E-state index contributed by atoms with van der Waals surface area (Å²) < 4.78 is 10.5. The Balaban J connectivity index is 1.91. The normalized spacial score (nSPS) is 15.8. The van der Waals surface area contributed by atoms with E-state index >= 15 is 0 Å². The average Bonchev–Trinajstić information content (AvgIpc) is 2.73. The van der Waals surface area contributed by atoms with Crippen LogP contribution in [0.2, 0.25) is 0 Å². The summed E-state index contributed by atoms with van der Waals surface area (Å²) in [6, 6.07) is 5.37. The van der Waals surface area contributed by atoms with Crippen molar-refractivity contribution in [2.24, 2.45) is 0 Å². The highest BCUT2D eigenvalue weighted by Gasteiger charge is 2.17.